The van der Waals surface area contributed by atoms with E-state index in [1.165, 1.54) is 16.7 Å². The molecule has 2 rings (SSSR count). The summed E-state index contributed by atoms with van der Waals surface area (Å²) in [5.74, 6) is 0. The zero-order valence-corrected chi connectivity index (χ0v) is 11.4. The van der Waals surface area contributed by atoms with Crippen molar-refractivity contribution in [1.82, 2.24) is 10.3 Å². The van der Waals surface area contributed by atoms with Crippen LogP contribution in [0, 0.1) is 6.92 Å². The molecular formula is C15H17ClN2. The first-order valence-electron chi connectivity index (χ1n) is 6.03. The van der Waals surface area contributed by atoms with Crippen LogP contribution in [0.3, 0.4) is 0 Å². The highest BCUT2D eigenvalue weighted by Crippen LogP contribution is 2.21. The average molecular weight is 261 g/mol. The molecule has 0 spiro atoms. The van der Waals surface area contributed by atoms with Crippen LogP contribution in [0.5, 0.6) is 0 Å². The molecule has 0 bridgehead atoms. The van der Waals surface area contributed by atoms with Crippen molar-refractivity contribution in [3.05, 3.63) is 64.4 Å². The molecule has 0 saturated carbocycles. The van der Waals surface area contributed by atoms with Gasteiger partial charge < -0.3 is 5.32 Å². The third-order valence-electron chi connectivity index (χ3n) is 3.13. The van der Waals surface area contributed by atoms with Crippen molar-refractivity contribution in [2.45, 2.75) is 19.4 Å². The van der Waals surface area contributed by atoms with Gasteiger partial charge in [-0.15, -0.1) is 0 Å². The first kappa shape index (κ1) is 13.1. The number of likely N-dealkylation sites (N-methyl/N-ethyl adjacent to an activating group) is 1. The molecule has 1 heterocycles. The lowest BCUT2D eigenvalue weighted by Gasteiger charge is -2.18. The van der Waals surface area contributed by atoms with Crippen molar-refractivity contribution in [3.63, 3.8) is 0 Å². The van der Waals surface area contributed by atoms with E-state index in [-0.39, 0.29) is 6.04 Å². The third kappa shape index (κ3) is 3.09. The highest BCUT2D eigenvalue weighted by molar-refractivity contribution is 6.30. The maximum Gasteiger partial charge on any atom is 0.0408 e. The molecule has 1 aromatic heterocycles. The smallest absolute Gasteiger partial charge is 0.0408 e. The van der Waals surface area contributed by atoms with Crippen LogP contribution >= 0.6 is 11.6 Å². The molecule has 0 radical (unpaired) electrons. The van der Waals surface area contributed by atoms with Crippen LogP contribution in [-0.2, 0) is 6.42 Å². The summed E-state index contributed by atoms with van der Waals surface area (Å²) in [6.07, 6.45) is 4.66. The van der Waals surface area contributed by atoms with Gasteiger partial charge in [0.25, 0.3) is 0 Å². The standard InChI is InChI=1S/C15H17ClN2/c1-11-6-7-18-10-14(11)15(17-2)9-12-4-3-5-13(16)8-12/h3-8,10,15,17H,9H2,1-2H3. The van der Waals surface area contributed by atoms with E-state index < -0.39 is 0 Å². The molecule has 94 valence electrons. The van der Waals surface area contributed by atoms with Gasteiger partial charge in [0.05, 0.1) is 0 Å². The highest BCUT2D eigenvalue weighted by Gasteiger charge is 2.12. The van der Waals surface area contributed by atoms with Crippen LogP contribution in [-0.4, -0.2) is 12.0 Å². The molecule has 1 N–H and O–H groups in total. The number of benzene rings is 1. The predicted octanol–water partition coefficient (Wildman–Crippen LogP) is 3.55. The van der Waals surface area contributed by atoms with Gasteiger partial charge in [0.15, 0.2) is 0 Å². The first-order chi connectivity index (χ1) is 8.70. The van der Waals surface area contributed by atoms with Gasteiger partial charge in [-0.3, -0.25) is 4.98 Å². The highest BCUT2D eigenvalue weighted by atomic mass is 35.5. The van der Waals surface area contributed by atoms with Gasteiger partial charge in [-0.05, 0) is 55.3 Å². The van der Waals surface area contributed by atoms with E-state index in [1.54, 1.807) is 0 Å². The number of aromatic nitrogens is 1. The molecule has 0 saturated heterocycles. The molecule has 1 aromatic carbocycles. The van der Waals surface area contributed by atoms with E-state index >= 15 is 0 Å². The van der Waals surface area contributed by atoms with Crippen LogP contribution in [0.4, 0.5) is 0 Å². The van der Waals surface area contributed by atoms with Crippen molar-refractivity contribution < 1.29 is 0 Å². The molecule has 2 aromatic rings. The van der Waals surface area contributed by atoms with E-state index in [9.17, 15) is 0 Å². The van der Waals surface area contributed by atoms with Gasteiger partial charge in [-0.25, -0.2) is 0 Å². The summed E-state index contributed by atoms with van der Waals surface area (Å²) in [7, 11) is 1.97. The number of halogens is 1. The molecule has 3 heteroatoms. The molecule has 1 atom stereocenters. The second-order valence-electron chi connectivity index (χ2n) is 4.41. The number of nitrogens with one attached hydrogen (secondary N) is 1. The average Bonchev–Trinajstić information content (AvgIpc) is 2.37. The molecule has 2 nitrogen and oxygen atoms in total. The van der Waals surface area contributed by atoms with Crippen molar-refractivity contribution >= 4 is 11.6 Å². The second-order valence-corrected chi connectivity index (χ2v) is 4.84. The number of hydrogen-bond donors (Lipinski definition) is 1. The first-order valence-corrected chi connectivity index (χ1v) is 6.40. The van der Waals surface area contributed by atoms with Gasteiger partial charge in [0, 0.05) is 23.5 Å². The molecule has 0 amide bonds. The van der Waals surface area contributed by atoms with Gasteiger partial charge >= 0.3 is 0 Å². The Hall–Kier alpha value is -1.38. The number of rotatable bonds is 4. The minimum Gasteiger partial charge on any atom is -0.313 e. The summed E-state index contributed by atoms with van der Waals surface area (Å²) in [6, 6.07) is 10.3. The zero-order chi connectivity index (χ0) is 13.0. The van der Waals surface area contributed by atoms with Crippen LogP contribution in [0.1, 0.15) is 22.7 Å². The Morgan fingerprint density at radius 2 is 2.17 bits per heavy atom. The zero-order valence-electron chi connectivity index (χ0n) is 10.7. The number of aryl methyl sites for hydroxylation is 1. The molecule has 0 fully saturated rings. The molecule has 0 aliphatic carbocycles. The maximum absolute atomic E-state index is 6.02. The fraction of sp³-hybridized carbons (Fsp3) is 0.267. The Morgan fingerprint density at radius 1 is 1.33 bits per heavy atom. The van der Waals surface area contributed by atoms with Gasteiger partial charge in [-0.1, -0.05) is 23.7 Å². The second kappa shape index (κ2) is 5.98. The van der Waals surface area contributed by atoms with Crippen molar-refractivity contribution in [1.29, 1.82) is 0 Å². The lowest BCUT2D eigenvalue weighted by molar-refractivity contribution is 0.587. The van der Waals surface area contributed by atoms with Gasteiger partial charge in [-0.2, -0.15) is 0 Å². The Kier molecular flexibility index (Phi) is 4.34. The topological polar surface area (TPSA) is 24.9 Å². The van der Waals surface area contributed by atoms with Crippen molar-refractivity contribution in [2.24, 2.45) is 0 Å². The summed E-state index contributed by atoms with van der Waals surface area (Å²) < 4.78 is 0. The molecule has 1 unspecified atom stereocenters. The number of hydrogen-bond acceptors (Lipinski definition) is 2. The van der Waals surface area contributed by atoms with Crippen LogP contribution in [0.15, 0.2) is 42.7 Å². The van der Waals surface area contributed by atoms with Gasteiger partial charge in [0.2, 0.25) is 0 Å². The maximum atomic E-state index is 6.02. The minimum absolute atomic E-state index is 0.261. The van der Waals surface area contributed by atoms with E-state index in [2.05, 4.69) is 23.3 Å². The summed E-state index contributed by atoms with van der Waals surface area (Å²) in [5, 5.41) is 4.13. The van der Waals surface area contributed by atoms with E-state index in [1.807, 2.05) is 43.7 Å². The lowest BCUT2D eigenvalue weighted by atomic mass is 9.97. The molecular weight excluding hydrogens is 244 g/mol. The van der Waals surface area contributed by atoms with E-state index in [4.69, 9.17) is 11.6 Å². The summed E-state index contributed by atoms with van der Waals surface area (Å²) in [5.41, 5.74) is 3.72. The third-order valence-corrected chi connectivity index (χ3v) is 3.37. The predicted molar refractivity (Wildman–Crippen MR) is 75.9 cm³/mol. The van der Waals surface area contributed by atoms with E-state index in [0.29, 0.717) is 0 Å². The fourth-order valence-corrected chi connectivity index (χ4v) is 2.32. The Labute approximate surface area is 113 Å². The summed E-state index contributed by atoms with van der Waals surface area (Å²) >= 11 is 6.02. The number of nitrogens with zero attached hydrogens (tertiary/aromatic N) is 1. The van der Waals surface area contributed by atoms with Crippen LogP contribution < -0.4 is 5.32 Å². The lowest BCUT2D eigenvalue weighted by Crippen LogP contribution is -2.20. The fourth-order valence-electron chi connectivity index (χ4n) is 2.11. The minimum atomic E-state index is 0.261. The van der Waals surface area contributed by atoms with E-state index in [0.717, 1.165) is 11.4 Å². The van der Waals surface area contributed by atoms with Crippen molar-refractivity contribution in [2.75, 3.05) is 7.05 Å². The van der Waals surface area contributed by atoms with Crippen molar-refractivity contribution in [3.8, 4) is 0 Å². The largest absolute Gasteiger partial charge is 0.313 e. The Balaban J connectivity index is 2.23. The number of pyridine rings is 1. The molecule has 0 aliphatic heterocycles. The SMILES string of the molecule is CNC(Cc1cccc(Cl)c1)c1cnccc1C. The quantitative estimate of drug-likeness (QED) is 0.910. The molecule has 0 aliphatic rings. The van der Waals surface area contributed by atoms with Gasteiger partial charge in [0.1, 0.15) is 0 Å². The van der Waals surface area contributed by atoms with Crippen LogP contribution in [0.2, 0.25) is 5.02 Å². The Morgan fingerprint density at radius 3 is 2.83 bits per heavy atom. The Bertz CT molecular complexity index is 525. The monoisotopic (exact) mass is 260 g/mol. The summed E-state index contributed by atoms with van der Waals surface area (Å²) in [6.45, 7) is 2.11. The van der Waals surface area contributed by atoms with Crippen LogP contribution in [0.25, 0.3) is 0 Å². The normalized spacial score (nSPS) is 12.4. The molecule has 18 heavy (non-hydrogen) atoms. The summed E-state index contributed by atoms with van der Waals surface area (Å²) in [4.78, 5) is 4.21.